The Morgan fingerprint density at radius 2 is 1.97 bits per heavy atom. The fourth-order valence-electron chi connectivity index (χ4n) is 5.29. The summed E-state index contributed by atoms with van der Waals surface area (Å²) < 4.78 is 20.7. The van der Waals surface area contributed by atoms with Crippen molar-refractivity contribution in [3.05, 3.63) is 48.3 Å². The minimum absolute atomic E-state index is 0.00439. The standard InChI is InChI=1S/C26H30N6O4/c1-27-24-10-19(29-25-16(11-28-32(24)25)26(33)30-18-8-9-22(18)34-2)17-12-31(20-7-5-4-6-15(17)20)21-13-36-14-23(21)35-3/h4-7,10-12,18,21-23,27H,8-9,13-14H2,1-3H3,(H,30,33)/t18?,21-,22+,23-/m1/s1. The van der Waals surface area contributed by atoms with Crippen LogP contribution in [0.25, 0.3) is 27.8 Å². The molecule has 2 fully saturated rings. The average Bonchev–Trinajstić information content (AvgIpc) is 3.62. The summed E-state index contributed by atoms with van der Waals surface area (Å²) in [4.78, 5) is 18.1. The van der Waals surface area contributed by atoms with Crippen molar-refractivity contribution in [3.8, 4) is 11.3 Å². The zero-order valence-corrected chi connectivity index (χ0v) is 20.6. The Bertz CT molecular complexity index is 1430. The molecule has 1 aromatic carbocycles. The highest BCUT2D eigenvalue weighted by atomic mass is 16.5. The SMILES string of the molecule is CNc1cc(-c2cn([C@@H]3COC[C@H]3OC)c3ccccc23)nc2c(C(=O)NC3CC[C@@H]3OC)cnn12. The van der Waals surface area contributed by atoms with Gasteiger partial charge >= 0.3 is 0 Å². The van der Waals surface area contributed by atoms with Crippen LogP contribution < -0.4 is 10.6 Å². The number of aromatic nitrogens is 4. The van der Waals surface area contributed by atoms with Gasteiger partial charge < -0.3 is 29.4 Å². The third kappa shape index (κ3) is 3.64. The van der Waals surface area contributed by atoms with E-state index in [1.54, 1.807) is 24.9 Å². The number of carbonyl (C=O) groups is 1. The number of amides is 1. The summed E-state index contributed by atoms with van der Waals surface area (Å²) in [6.07, 6.45) is 5.56. The summed E-state index contributed by atoms with van der Waals surface area (Å²) >= 11 is 0. The van der Waals surface area contributed by atoms with Crippen molar-refractivity contribution in [1.82, 2.24) is 24.5 Å². The van der Waals surface area contributed by atoms with Crippen molar-refractivity contribution in [3.63, 3.8) is 0 Å². The monoisotopic (exact) mass is 490 g/mol. The van der Waals surface area contributed by atoms with Crippen LogP contribution in [0.15, 0.2) is 42.7 Å². The number of benzene rings is 1. The molecule has 6 rings (SSSR count). The number of nitrogens with one attached hydrogen (secondary N) is 2. The Morgan fingerprint density at radius 3 is 2.72 bits per heavy atom. The van der Waals surface area contributed by atoms with Gasteiger partial charge in [0.25, 0.3) is 5.91 Å². The number of para-hydroxylation sites is 1. The molecule has 10 nitrogen and oxygen atoms in total. The van der Waals surface area contributed by atoms with E-state index in [1.807, 2.05) is 25.2 Å². The third-order valence-electron chi connectivity index (χ3n) is 7.48. The molecule has 4 heterocycles. The Labute approximate surface area is 208 Å². The van der Waals surface area contributed by atoms with E-state index < -0.39 is 0 Å². The maximum Gasteiger partial charge on any atom is 0.257 e. The molecule has 1 aliphatic heterocycles. The number of hydrogen-bond donors (Lipinski definition) is 2. The van der Waals surface area contributed by atoms with Crippen LogP contribution in [-0.2, 0) is 14.2 Å². The maximum atomic E-state index is 13.2. The van der Waals surface area contributed by atoms with Crippen molar-refractivity contribution in [2.24, 2.45) is 0 Å². The van der Waals surface area contributed by atoms with Gasteiger partial charge in [-0.25, -0.2) is 4.98 Å². The summed E-state index contributed by atoms with van der Waals surface area (Å²) in [6.45, 7) is 1.15. The fourth-order valence-corrected chi connectivity index (χ4v) is 5.29. The highest BCUT2D eigenvalue weighted by Gasteiger charge is 2.34. The van der Waals surface area contributed by atoms with E-state index in [1.165, 1.54) is 0 Å². The topological polar surface area (TPSA) is 104 Å². The van der Waals surface area contributed by atoms with Gasteiger partial charge in [0.15, 0.2) is 5.65 Å². The van der Waals surface area contributed by atoms with Crippen molar-refractivity contribution in [1.29, 1.82) is 0 Å². The Kier molecular flexibility index (Phi) is 5.87. The van der Waals surface area contributed by atoms with Crippen LogP contribution in [-0.4, -0.2) is 77.8 Å². The van der Waals surface area contributed by atoms with Crippen LogP contribution in [0, 0.1) is 0 Å². The van der Waals surface area contributed by atoms with E-state index in [0.29, 0.717) is 24.4 Å². The first-order chi connectivity index (χ1) is 17.6. The predicted octanol–water partition coefficient (Wildman–Crippen LogP) is 2.89. The van der Waals surface area contributed by atoms with Crippen LogP contribution in [0.4, 0.5) is 5.82 Å². The van der Waals surface area contributed by atoms with Crippen LogP contribution in [0.1, 0.15) is 29.2 Å². The molecule has 3 aromatic heterocycles. The van der Waals surface area contributed by atoms with E-state index in [0.717, 1.165) is 40.8 Å². The van der Waals surface area contributed by atoms with Gasteiger partial charge in [0.1, 0.15) is 17.5 Å². The van der Waals surface area contributed by atoms with Gasteiger partial charge in [0.2, 0.25) is 0 Å². The zero-order chi connectivity index (χ0) is 24.8. The first kappa shape index (κ1) is 23.0. The van der Waals surface area contributed by atoms with E-state index in [-0.39, 0.29) is 30.2 Å². The number of rotatable bonds is 7. The van der Waals surface area contributed by atoms with Gasteiger partial charge in [-0.05, 0) is 18.9 Å². The van der Waals surface area contributed by atoms with Crippen molar-refractivity contribution in [2.45, 2.75) is 37.1 Å². The molecule has 0 bridgehead atoms. The highest BCUT2D eigenvalue weighted by molar-refractivity contribution is 6.01. The second-order valence-electron chi connectivity index (χ2n) is 9.35. The molecule has 4 aromatic rings. The number of ether oxygens (including phenoxy) is 3. The lowest BCUT2D eigenvalue weighted by Crippen LogP contribution is -2.51. The molecular weight excluding hydrogens is 460 g/mol. The summed E-state index contributed by atoms with van der Waals surface area (Å²) in [5.74, 6) is 0.542. The number of nitrogens with zero attached hydrogens (tertiary/aromatic N) is 4. The van der Waals surface area contributed by atoms with Crippen molar-refractivity contribution < 1.29 is 19.0 Å². The smallest absolute Gasteiger partial charge is 0.257 e. The third-order valence-corrected chi connectivity index (χ3v) is 7.48. The molecule has 1 aliphatic carbocycles. The first-order valence-electron chi connectivity index (χ1n) is 12.2. The molecule has 1 saturated carbocycles. The van der Waals surface area contributed by atoms with E-state index in [4.69, 9.17) is 19.2 Å². The Balaban J connectivity index is 1.45. The average molecular weight is 491 g/mol. The molecule has 10 heteroatoms. The van der Waals surface area contributed by atoms with Gasteiger partial charge in [-0.1, -0.05) is 18.2 Å². The number of carbonyl (C=O) groups excluding carboxylic acids is 1. The minimum atomic E-state index is -0.197. The number of hydrogen-bond acceptors (Lipinski definition) is 7. The second kappa shape index (κ2) is 9.20. The van der Waals surface area contributed by atoms with E-state index in [2.05, 4.69) is 38.6 Å². The fraction of sp³-hybridized carbons (Fsp3) is 0.423. The molecule has 188 valence electrons. The van der Waals surface area contributed by atoms with Crippen LogP contribution >= 0.6 is 0 Å². The number of fused-ring (bicyclic) bond motifs is 2. The molecule has 36 heavy (non-hydrogen) atoms. The quantitative estimate of drug-likeness (QED) is 0.411. The molecular formula is C26H30N6O4. The molecule has 4 atom stereocenters. The van der Waals surface area contributed by atoms with Gasteiger partial charge in [0, 0.05) is 50.0 Å². The lowest BCUT2D eigenvalue weighted by molar-refractivity contribution is 0.00732. The Morgan fingerprint density at radius 1 is 1.14 bits per heavy atom. The lowest BCUT2D eigenvalue weighted by Gasteiger charge is -2.35. The van der Waals surface area contributed by atoms with Crippen LogP contribution in [0.2, 0.25) is 0 Å². The minimum Gasteiger partial charge on any atom is -0.379 e. The lowest BCUT2D eigenvalue weighted by atomic mass is 9.89. The van der Waals surface area contributed by atoms with Gasteiger partial charge in [-0.3, -0.25) is 4.79 Å². The molecule has 2 N–H and O–H groups in total. The molecule has 1 amide bonds. The Hall–Kier alpha value is -3.47. The van der Waals surface area contributed by atoms with Crippen molar-refractivity contribution in [2.75, 3.05) is 39.8 Å². The molecule has 1 unspecified atom stereocenters. The highest BCUT2D eigenvalue weighted by Crippen LogP contribution is 2.36. The number of anilines is 1. The van der Waals surface area contributed by atoms with E-state index in [9.17, 15) is 4.79 Å². The normalized spacial score (nSPS) is 23.8. The largest absolute Gasteiger partial charge is 0.379 e. The first-order valence-corrected chi connectivity index (χ1v) is 12.2. The van der Waals surface area contributed by atoms with Gasteiger partial charge in [-0.15, -0.1) is 0 Å². The predicted molar refractivity (Wildman–Crippen MR) is 135 cm³/mol. The maximum absolute atomic E-state index is 13.2. The molecule has 1 saturated heterocycles. The summed E-state index contributed by atoms with van der Waals surface area (Å²) in [5, 5.41) is 11.8. The summed E-state index contributed by atoms with van der Waals surface area (Å²) in [7, 11) is 5.23. The summed E-state index contributed by atoms with van der Waals surface area (Å²) in [5.41, 5.74) is 3.74. The van der Waals surface area contributed by atoms with Gasteiger partial charge in [-0.2, -0.15) is 9.61 Å². The van der Waals surface area contributed by atoms with E-state index >= 15 is 0 Å². The van der Waals surface area contributed by atoms with Crippen LogP contribution in [0.3, 0.4) is 0 Å². The zero-order valence-electron chi connectivity index (χ0n) is 20.6. The van der Waals surface area contributed by atoms with Crippen molar-refractivity contribution >= 4 is 28.3 Å². The molecule has 2 aliphatic rings. The second-order valence-corrected chi connectivity index (χ2v) is 9.35. The summed E-state index contributed by atoms with van der Waals surface area (Å²) in [6, 6.07) is 10.3. The number of methoxy groups -OCH3 is 2. The molecule has 0 spiro atoms. The van der Waals surface area contributed by atoms with Crippen LogP contribution in [0.5, 0.6) is 0 Å². The molecule has 0 radical (unpaired) electrons. The van der Waals surface area contributed by atoms with Gasteiger partial charge in [0.05, 0.1) is 43.3 Å².